The molecule has 0 aromatic carbocycles. The van der Waals surface area contributed by atoms with Crippen molar-refractivity contribution in [3.8, 4) is 0 Å². The Balaban J connectivity index is 1.41. The number of H-pyrrole nitrogens is 1. The van der Waals surface area contributed by atoms with Crippen LogP contribution >= 0.6 is 0 Å². The lowest BCUT2D eigenvalue weighted by Crippen LogP contribution is -2.63. The van der Waals surface area contributed by atoms with Gasteiger partial charge < -0.3 is 14.8 Å². The number of hydrogen-bond acceptors (Lipinski definition) is 4. The van der Waals surface area contributed by atoms with Crippen LogP contribution in [0.25, 0.3) is 11.0 Å². The number of likely N-dealkylation sites (N-methyl/N-ethyl adjacent to an activating group) is 1. The molecular formula is C16H21N5O. The van der Waals surface area contributed by atoms with Crippen LogP contribution in [0.2, 0.25) is 0 Å². The topological polar surface area (TPSA) is 55.5 Å². The molecular weight excluding hydrogens is 278 g/mol. The molecule has 0 bridgehead atoms. The fourth-order valence-electron chi connectivity index (χ4n) is 3.34. The molecule has 116 valence electrons. The molecule has 2 aromatic rings. The van der Waals surface area contributed by atoms with Crippen molar-refractivity contribution < 1.29 is 4.79 Å². The molecule has 2 aliphatic rings. The maximum Gasteiger partial charge on any atom is 0.256 e. The van der Waals surface area contributed by atoms with Gasteiger partial charge in [0.15, 0.2) is 0 Å². The predicted molar refractivity (Wildman–Crippen MR) is 84.9 cm³/mol. The molecule has 0 radical (unpaired) electrons. The average Bonchev–Trinajstić information content (AvgIpc) is 2.91. The largest absolute Gasteiger partial charge is 0.345 e. The Labute approximate surface area is 129 Å². The van der Waals surface area contributed by atoms with Crippen LogP contribution in [-0.2, 0) is 0 Å². The fraction of sp³-hybridized carbons (Fsp3) is 0.500. The predicted octanol–water partition coefficient (Wildman–Crippen LogP) is 0.635. The number of pyridine rings is 1. The molecule has 0 spiro atoms. The van der Waals surface area contributed by atoms with E-state index >= 15 is 0 Å². The maximum atomic E-state index is 12.6. The Morgan fingerprint density at radius 2 is 2.05 bits per heavy atom. The van der Waals surface area contributed by atoms with Gasteiger partial charge in [-0.05, 0) is 19.2 Å². The second-order valence-corrected chi connectivity index (χ2v) is 6.31. The summed E-state index contributed by atoms with van der Waals surface area (Å²) in [5, 5.41) is 0.913. The van der Waals surface area contributed by atoms with Gasteiger partial charge in [0, 0.05) is 63.1 Å². The van der Waals surface area contributed by atoms with E-state index in [0.717, 1.165) is 55.9 Å². The molecule has 2 aromatic heterocycles. The minimum absolute atomic E-state index is 0.115. The van der Waals surface area contributed by atoms with Gasteiger partial charge in [0.1, 0.15) is 5.65 Å². The van der Waals surface area contributed by atoms with Gasteiger partial charge in [0.05, 0.1) is 5.56 Å². The van der Waals surface area contributed by atoms with Crippen molar-refractivity contribution in [2.75, 3.05) is 46.3 Å². The second kappa shape index (κ2) is 5.37. The molecule has 4 heterocycles. The highest BCUT2D eigenvalue weighted by Crippen LogP contribution is 2.23. The number of amides is 1. The number of rotatable bonds is 2. The van der Waals surface area contributed by atoms with E-state index in [9.17, 15) is 4.79 Å². The van der Waals surface area contributed by atoms with Crippen LogP contribution < -0.4 is 0 Å². The quantitative estimate of drug-likeness (QED) is 0.884. The van der Waals surface area contributed by atoms with Crippen LogP contribution in [0.15, 0.2) is 24.5 Å². The minimum atomic E-state index is 0.115. The summed E-state index contributed by atoms with van der Waals surface area (Å²) in [6.07, 6.45) is 3.52. The molecule has 2 fully saturated rings. The van der Waals surface area contributed by atoms with Gasteiger partial charge in [-0.25, -0.2) is 4.98 Å². The molecule has 6 nitrogen and oxygen atoms in total. The molecule has 0 unspecified atom stereocenters. The number of likely N-dealkylation sites (tertiary alicyclic amines) is 1. The molecule has 0 aliphatic carbocycles. The zero-order valence-corrected chi connectivity index (χ0v) is 12.8. The lowest BCUT2D eigenvalue weighted by molar-refractivity contribution is 0.0111. The molecule has 0 saturated carbocycles. The number of carbonyl (C=O) groups is 1. The first kappa shape index (κ1) is 13.7. The summed E-state index contributed by atoms with van der Waals surface area (Å²) in [4.78, 5) is 26.8. The van der Waals surface area contributed by atoms with E-state index in [0.29, 0.717) is 6.04 Å². The highest BCUT2D eigenvalue weighted by atomic mass is 16.2. The van der Waals surface area contributed by atoms with Gasteiger partial charge in [0.25, 0.3) is 5.91 Å². The molecule has 0 atom stereocenters. The van der Waals surface area contributed by atoms with Gasteiger partial charge in [-0.3, -0.25) is 9.69 Å². The van der Waals surface area contributed by atoms with E-state index < -0.39 is 0 Å². The SMILES string of the molecule is CN1CCN(C2CN(C(=O)c3c[nH]c4ncccc34)C2)CC1. The number of hydrogen-bond donors (Lipinski definition) is 1. The highest BCUT2D eigenvalue weighted by Gasteiger charge is 2.36. The van der Waals surface area contributed by atoms with Gasteiger partial charge in [-0.2, -0.15) is 0 Å². The minimum Gasteiger partial charge on any atom is -0.345 e. The Hall–Kier alpha value is -1.92. The number of aromatic amines is 1. The Morgan fingerprint density at radius 1 is 1.27 bits per heavy atom. The van der Waals surface area contributed by atoms with Crippen molar-refractivity contribution in [3.05, 3.63) is 30.1 Å². The van der Waals surface area contributed by atoms with Crippen molar-refractivity contribution in [2.24, 2.45) is 0 Å². The standard InChI is InChI=1S/C16H21N5O/c1-19-5-7-20(8-6-19)12-10-21(11-12)16(22)14-9-18-15-13(14)3-2-4-17-15/h2-4,9,12H,5-8,10-11H2,1H3,(H,17,18). The Kier molecular flexibility index (Phi) is 3.35. The fourth-order valence-corrected chi connectivity index (χ4v) is 3.34. The van der Waals surface area contributed by atoms with Crippen LogP contribution in [0, 0.1) is 0 Å². The van der Waals surface area contributed by atoms with Gasteiger partial charge in [0.2, 0.25) is 0 Å². The van der Waals surface area contributed by atoms with Crippen LogP contribution in [0.4, 0.5) is 0 Å². The summed E-state index contributed by atoms with van der Waals surface area (Å²) in [5.74, 6) is 0.115. The molecule has 1 N–H and O–H groups in total. The first-order chi connectivity index (χ1) is 10.7. The van der Waals surface area contributed by atoms with E-state index in [1.807, 2.05) is 17.0 Å². The number of piperazine rings is 1. The molecule has 1 amide bonds. The number of nitrogens with zero attached hydrogens (tertiary/aromatic N) is 4. The van der Waals surface area contributed by atoms with Crippen molar-refractivity contribution in [1.29, 1.82) is 0 Å². The molecule has 2 saturated heterocycles. The van der Waals surface area contributed by atoms with E-state index in [2.05, 4.69) is 26.8 Å². The normalized spacial score (nSPS) is 21.2. The monoisotopic (exact) mass is 299 g/mol. The van der Waals surface area contributed by atoms with Crippen LogP contribution in [-0.4, -0.2) is 82.9 Å². The van der Waals surface area contributed by atoms with E-state index in [-0.39, 0.29) is 5.91 Å². The smallest absolute Gasteiger partial charge is 0.256 e. The molecule has 2 aliphatic heterocycles. The lowest BCUT2D eigenvalue weighted by atomic mass is 10.0. The average molecular weight is 299 g/mol. The lowest BCUT2D eigenvalue weighted by Gasteiger charge is -2.47. The molecule has 22 heavy (non-hydrogen) atoms. The zero-order chi connectivity index (χ0) is 15.1. The summed E-state index contributed by atoms with van der Waals surface area (Å²) < 4.78 is 0. The van der Waals surface area contributed by atoms with E-state index in [1.54, 1.807) is 12.4 Å². The third-order valence-corrected chi connectivity index (χ3v) is 4.89. The van der Waals surface area contributed by atoms with Crippen molar-refractivity contribution in [3.63, 3.8) is 0 Å². The number of aromatic nitrogens is 2. The molecule has 4 rings (SSSR count). The number of fused-ring (bicyclic) bond motifs is 1. The van der Waals surface area contributed by atoms with Crippen LogP contribution in [0.3, 0.4) is 0 Å². The van der Waals surface area contributed by atoms with Crippen molar-refractivity contribution in [1.82, 2.24) is 24.7 Å². The summed E-state index contributed by atoms with van der Waals surface area (Å²) in [6, 6.07) is 4.35. The Bertz CT molecular complexity index is 683. The first-order valence-corrected chi connectivity index (χ1v) is 7.86. The van der Waals surface area contributed by atoms with E-state index in [1.165, 1.54) is 0 Å². The van der Waals surface area contributed by atoms with Crippen LogP contribution in [0.1, 0.15) is 10.4 Å². The Morgan fingerprint density at radius 3 is 2.82 bits per heavy atom. The van der Waals surface area contributed by atoms with Crippen LogP contribution in [0.5, 0.6) is 0 Å². The van der Waals surface area contributed by atoms with Crippen molar-refractivity contribution >= 4 is 16.9 Å². The first-order valence-electron chi connectivity index (χ1n) is 7.86. The summed E-state index contributed by atoms with van der Waals surface area (Å²) in [5.41, 5.74) is 1.52. The van der Waals surface area contributed by atoms with E-state index in [4.69, 9.17) is 0 Å². The third kappa shape index (κ3) is 2.28. The molecule has 6 heteroatoms. The summed E-state index contributed by atoms with van der Waals surface area (Å²) in [7, 11) is 2.17. The second-order valence-electron chi connectivity index (χ2n) is 6.31. The third-order valence-electron chi connectivity index (χ3n) is 4.89. The number of nitrogens with one attached hydrogen (secondary N) is 1. The number of carbonyl (C=O) groups excluding carboxylic acids is 1. The van der Waals surface area contributed by atoms with Gasteiger partial charge in [-0.1, -0.05) is 0 Å². The highest BCUT2D eigenvalue weighted by molar-refractivity contribution is 6.06. The van der Waals surface area contributed by atoms with Crippen molar-refractivity contribution in [2.45, 2.75) is 6.04 Å². The zero-order valence-electron chi connectivity index (χ0n) is 12.8. The van der Waals surface area contributed by atoms with Gasteiger partial charge in [-0.15, -0.1) is 0 Å². The summed E-state index contributed by atoms with van der Waals surface area (Å²) in [6.45, 7) is 6.16. The maximum absolute atomic E-state index is 12.6. The van der Waals surface area contributed by atoms with Gasteiger partial charge >= 0.3 is 0 Å². The summed E-state index contributed by atoms with van der Waals surface area (Å²) >= 11 is 0.